The Morgan fingerprint density at radius 2 is 1.15 bits per heavy atom. The molecule has 1 heterocycles. The first-order valence-corrected chi connectivity index (χ1v) is 8.62. The molecular formula is C17H28F2O. The largest absolute Gasteiger partial charge is 0.378 e. The van der Waals surface area contributed by atoms with Crippen LogP contribution in [0.2, 0.25) is 0 Å². The van der Waals surface area contributed by atoms with Gasteiger partial charge in [-0.1, -0.05) is 0 Å². The van der Waals surface area contributed by atoms with Crippen molar-refractivity contribution in [2.45, 2.75) is 82.7 Å². The Kier molecular flexibility index (Phi) is 4.95. The molecule has 116 valence electrons. The van der Waals surface area contributed by atoms with E-state index in [1.165, 1.54) is 0 Å². The van der Waals surface area contributed by atoms with E-state index in [0.29, 0.717) is 17.9 Å². The Balaban J connectivity index is 1.51. The fourth-order valence-electron chi connectivity index (χ4n) is 4.61. The molecule has 0 aromatic rings. The van der Waals surface area contributed by atoms with Crippen LogP contribution in [0.5, 0.6) is 0 Å². The van der Waals surface area contributed by atoms with Crippen LogP contribution >= 0.6 is 0 Å². The topological polar surface area (TPSA) is 9.23 Å². The summed E-state index contributed by atoms with van der Waals surface area (Å²) in [6.45, 7) is 0.862. The minimum Gasteiger partial charge on any atom is -0.378 e. The van der Waals surface area contributed by atoms with Crippen LogP contribution in [0.1, 0.15) is 64.2 Å². The van der Waals surface area contributed by atoms with Crippen LogP contribution in [0.15, 0.2) is 0 Å². The summed E-state index contributed by atoms with van der Waals surface area (Å²) in [6.07, 6.45) is 8.61. The smallest absolute Gasteiger partial charge is 0.100 e. The van der Waals surface area contributed by atoms with Gasteiger partial charge in [-0.15, -0.1) is 0 Å². The van der Waals surface area contributed by atoms with E-state index in [4.69, 9.17) is 4.74 Å². The van der Waals surface area contributed by atoms with E-state index in [1.807, 2.05) is 0 Å². The molecule has 2 atom stereocenters. The highest BCUT2D eigenvalue weighted by Crippen LogP contribution is 2.41. The van der Waals surface area contributed by atoms with Crippen molar-refractivity contribution in [1.29, 1.82) is 0 Å². The molecule has 2 aliphatic carbocycles. The van der Waals surface area contributed by atoms with Gasteiger partial charge in [-0.3, -0.25) is 0 Å². The zero-order valence-corrected chi connectivity index (χ0v) is 12.4. The molecule has 1 nitrogen and oxygen atoms in total. The van der Waals surface area contributed by atoms with Crippen molar-refractivity contribution in [3.05, 3.63) is 0 Å². The van der Waals surface area contributed by atoms with E-state index < -0.39 is 12.3 Å². The molecule has 0 bridgehead atoms. The lowest BCUT2D eigenvalue weighted by atomic mass is 9.72. The Morgan fingerprint density at radius 3 is 1.75 bits per heavy atom. The molecule has 0 radical (unpaired) electrons. The number of rotatable bonds is 2. The van der Waals surface area contributed by atoms with E-state index in [1.54, 1.807) is 0 Å². The van der Waals surface area contributed by atoms with Gasteiger partial charge in [0.2, 0.25) is 0 Å². The molecule has 3 rings (SSSR count). The molecule has 0 aromatic heterocycles. The molecule has 0 aromatic carbocycles. The Hall–Kier alpha value is -0.180. The molecule has 3 heteroatoms. The highest BCUT2D eigenvalue weighted by atomic mass is 19.1. The van der Waals surface area contributed by atoms with E-state index >= 15 is 0 Å². The molecule has 0 N–H and O–H groups in total. The predicted molar refractivity (Wildman–Crippen MR) is 76.2 cm³/mol. The fraction of sp³-hybridized carbons (Fsp3) is 1.00. The van der Waals surface area contributed by atoms with Crippen molar-refractivity contribution in [3.63, 3.8) is 0 Å². The van der Waals surface area contributed by atoms with Crippen LogP contribution in [0.3, 0.4) is 0 Å². The molecule has 0 amide bonds. The van der Waals surface area contributed by atoms with Crippen LogP contribution < -0.4 is 0 Å². The summed E-state index contributed by atoms with van der Waals surface area (Å²) in [6, 6.07) is 0. The first kappa shape index (κ1) is 14.7. The van der Waals surface area contributed by atoms with Crippen LogP contribution in [0, 0.1) is 17.8 Å². The number of hydrogen-bond donors (Lipinski definition) is 0. The van der Waals surface area contributed by atoms with Crippen molar-refractivity contribution in [3.8, 4) is 0 Å². The van der Waals surface area contributed by atoms with Gasteiger partial charge in [-0.05, 0) is 82.0 Å². The lowest BCUT2D eigenvalue weighted by molar-refractivity contribution is -0.0684. The Bertz CT molecular complexity index is 265. The van der Waals surface area contributed by atoms with Crippen LogP contribution in [0.25, 0.3) is 0 Å². The van der Waals surface area contributed by atoms with E-state index in [-0.39, 0.29) is 0 Å². The SMILES string of the molecule is FC1CCC(C2CCOC(C3CCC(F)CC3)C2)CC1. The third-order valence-corrected chi connectivity index (χ3v) is 5.95. The van der Waals surface area contributed by atoms with Crippen molar-refractivity contribution in [2.75, 3.05) is 6.61 Å². The number of hydrogen-bond acceptors (Lipinski definition) is 1. The minimum atomic E-state index is -0.578. The quantitative estimate of drug-likeness (QED) is 0.706. The van der Waals surface area contributed by atoms with Gasteiger partial charge < -0.3 is 4.74 Å². The maximum atomic E-state index is 13.3. The zero-order chi connectivity index (χ0) is 13.9. The lowest BCUT2D eigenvalue weighted by Crippen LogP contribution is -2.37. The fourth-order valence-corrected chi connectivity index (χ4v) is 4.61. The third kappa shape index (κ3) is 3.52. The number of halogens is 2. The van der Waals surface area contributed by atoms with Crippen molar-refractivity contribution in [2.24, 2.45) is 17.8 Å². The summed E-state index contributed by atoms with van der Waals surface area (Å²) >= 11 is 0. The van der Waals surface area contributed by atoms with Gasteiger partial charge >= 0.3 is 0 Å². The summed E-state index contributed by atoms with van der Waals surface area (Å²) in [5.41, 5.74) is 0. The summed E-state index contributed by atoms with van der Waals surface area (Å²) < 4.78 is 32.5. The van der Waals surface area contributed by atoms with E-state index in [0.717, 1.165) is 76.7 Å². The highest BCUT2D eigenvalue weighted by Gasteiger charge is 2.36. The average Bonchev–Trinajstić information content (AvgIpc) is 2.49. The second kappa shape index (κ2) is 6.72. The van der Waals surface area contributed by atoms with Gasteiger partial charge in [0.05, 0.1) is 6.10 Å². The van der Waals surface area contributed by atoms with E-state index in [2.05, 4.69) is 0 Å². The van der Waals surface area contributed by atoms with Crippen molar-refractivity contribution in [1.82, 2.24) is 0 Å². The third-order valence-electron chi connectivity index (χ3n) is 5.95. The normalized spacial score (nSPS) is 47.1. The molecule has 1 aliphatic heterocycles. The summed E-state index contributed by atoms with van der Waals surface area (Å²) in [4.78, 5) is 0. The molecule has 0 spiro atoms. The van der Waals surface area contributed by atoms with Gasteiger partial charge in [-0.25, -0.2) is 8.78 Å². The highest BCUT2D eigenvalue weighted by molar-refractivity contribution is 4.86. The monoisotopic (exact) mass is 286 g/mol. The molecule has 2 unspecified atom stereocenters. The predicted octanol–water partition coefficient (Wildman–Crippen LogP) is 4.84. The Labute approximate surface area is 121 Å². The molecule has 2 saturated carbocycles. The van der Waals surface area contributed by atoms with E-state index in [9.17, 15) is 8.78 Å². The Morgan fingerprint density at radius 1 is 0.600 bits per heavy atom. The van der Waals surface area contributed by atoms with Crippen LogP contribution in [0.4, 0.5) is 8.78 Å². The minimum absolute atomic E-state index is 0.351. The molecule has 1 saturated heterocycles. The summed E-state index contributed by atoms with van der Waals surface area (Å²) in [7, 11) is 0. The number of alkyl halides is 2. The summed E-state index contributed by atoms with van der Waals surface area (Å²) in [5.74, 6) is 2.01. The van der Waals surface area contributed by atoms with Gasteiger partial charge in [0, 0.05) is 6.61 Å². The molecule has 3 fully saturated rings. The first-order chi connectivity index (χ1) is 9.72. The van der Waals surface area contributed by atoms with Crippen LogP contribution in [-0.4, -0.2) is 25.1 Å². The van der Waals surface area contributed by atoms with Crippen molar-refractivity contribution < 1.29 is 13.5 Å². The zero-order valence-electron chi connectivity index (χ0n) is 12.4. The maximum absolute atomic E-state index is 13.3. The molecular weight excluding hydrogens is 258 g/mol. The van der Waals surface area contributed by atoms with Gasteiger partial charge in [0.25, 0.3) is 0 Å². The lowest BCUT2D eigenvalue weighted by Gasteiger charge is -2.41. The molecule has 20 heavy (non-hydrogen) atoms. The van der Waals surface area contributed by atoms with Gasteiger partial charge in [0.15, 0.2) is 0 Å². The number of ether oxygens (including phenoxy) is 1. The maximum Gasteiger partial charge on any atom is 0.100 e. The first-order valence-electron chi connectivity index (χ1n) is 8.62. The summed E-state index contributed by atoms with van der Waals surface area (Å²) in [5, 5.41) is 0. The van der Waals surface area contributed by atoms with Gasteiger partial charge in [0.1, 0.15) is 12.3 Å². The standard InChI is InChI=1S/C17H28F2O/c18-15-5-1-12(2-6-15)14-9-10-20-17(11-14)13-3-7-16(19)8-4-13/h12-17H,1-11H2. The van der Waals surface area contributed by atoms with Crippen molar-refractivity contribution >= 4 is 0 Å². The van der Waals surface area contributed by atoms with Gasteiger partial charge in [-0.2, -0.15) is 0 Å². The van der Waals surface area contributed by atoms with Crippen LogP contribution in [-0.2, 0) is 4.74 Å². The second-order valence-electron chi connectivity index (χ2n) is 7.22. The second-order valence-corrected chi connectivity index (χ2v) is 7.22. The molecule has 3 aliphatic rings. The average molecular weight is 286 g/mol.